The third-order valence-corrected chi connectivity index (χ3v) is 5.96. The van der Waals surface area contributed by atoms with E-state index in [-0.39, 0.29) is 11.9 Å². The summed E-state index contributed by atoms with van der Waals surface area (Å²) in [5, 5.41) is 6.74. The van der Waals surface area contributed by atoms with E-state index >= 15 is 0 Å². The summed E-state index contributed by atoms with van der Waals surface area (Å²) in [5.74, 6) is 7.84. The fourth-order valence-electron chi connectivity index (χ4n) is 4.41. The largest absolute Gasteiger partial charge is 0.457 e. The minimum absolute atomic E-state index is 0.0269. The molecule has 7 nitrogen and oxygen atoms in total. The lowest BCUT2D eigenvalue weighted by Crippen LogP contribution is -2.28. The average molecular weight is 415 g/mol. The molecule has 1 saturated heterocycles. The zero-order chi connectivity index (χ0) is 21.4. The van der Waals surface area contributed by atoms with Crippen molar-refractivity contribution in [3.63, 3.8) is 0 Å². The molecular formula is C24H25N5O2. The van der Waals surface area contributed by atoms with Gasteiger partial charge in [0.2, 0.25) is 5.91 Å². The van der Waals surface area contributed by atoms with Crippen LogP contribution in [0.15, 0.2) is 67.3 Å². The van der Waals surface area contributed by atoms with E-state index in [9.17, 15) is 4.79 Å². The Kier molecular flexibility index (Phi) is 4.95. The van der Waals surface area contributed by atoms with E-state index in [4.69, 9.17) is 15.7 Å². The first-order valence-corrected chi connectivity index (χ1v) is 10.5. The number of ether oxygens (including phenoxy) is 1. The molecule has 1 fully saturated rings. The molecule has 3 heterocycles. The van der Waals surface area contributed by atoms with Crippen LogP contribution in [0.25, 0.3) is 11.3 Å². The number of carbonyl (C=O) groups is 1. The first-order chi connectivity index (χ1) is 15.1. The zero-order valence-electron chi connectivity index (χ0n) is 17.3. The number of para-hydroxylation sites is 1. The molecule has 1 aromatic heterocycles. The average Bonchev–Trinajstić information content (AvgIpc) is 3.52. The maximum Gasteiger partial charge on any atom is 0.246 e. The molecule has 2 aliphatic rings. The van der Waals surface area contributed by atoms with Gasteiger partial charge in [-0.3, -0.25) is 9.48 Å². The standard InChI is InChI=1S/C24H25N5O2/c1-2-22(30)27-14-12-18(16-27)29-21-13-15-28(25)24(21)23(26-29)17-8-10-20(11-9-17)31-19-6-4-3-5-7-19/h2-11,18H,1,12-16,25H2. The van der Waals surface area contributed by atoms with Gasteiger partial charge in [0.1, 0.15) is 22.9 Å². The van der Waals surface area contributed by atoms with Crippen LogP contribution in [0, 0.1) is 0 Å². The van der Waals surface area contributed by atoms with Gasteiger partial charge in [0.25, 0.3) is 0 Å². The van der Waals surface area contributed by atoms with E-state index < -0.39 is 0 Å². The number of hydrogen-bond donors (Lipinski definition) is 1. The predicted molar refractivity (Wildman–Crippen MR) is 120 cm³/mol. The second kappa shape index (κ2) is 7.92. The molecule has 0 radical (unpaired) electrons. The van der Waals surface area contributed by atoms with Gasteiger partial charge in [0.05, 0.1) is 11.7 Å². The van der Waals surface area contributed by atoms with Crippen LogP contribution in [0.4, 0.5) is 5.69 Å². The van der Waals surface area contributed by atoms with Crippen LogP contribution in [0.5, 0.6) is 11.5 Å². The summed E-state index contributed by atoms with van der Waals surface area (Å²) in [6, 6.07) is 17.8. The maximum absolute atomic E-state index is 12.0. The van der Waals surface area contributed by atoms with Gasteiger partial charge in [-0.2, -0.15) is 5.10 Å². The number of anilines is 1. The van der Waals surface area contributed by atoms with Gasteiger partial charge >= 0.3 is 0 Å². The van der Waals surface area contributed by atoms with Crippen LogP contribution in [-0.2, 0) is 11.2 Å². The third-order valence-electron chi connectivity index (χ3n) is 5.96. The molecule has 2 aromatic carbocycles. The summed E-state index contributed by atoms with van der Waals surface area (Å²) in [4.78, 5) is 13.8. The summed E-state index contributed by atoms with van der Waals surface area (Å²) >= 11 is 0. The number of nitrogens with zero attached hydrogens (tertiary/aromatic N) is 4. The molecule has 2 N–H and O–H groups in total. The lowest BCUT2D eigenvalue weighted by Gasteiger charge is -2.15. The molecule has 2 aliphatic heterocycles. The SMILES string of the molecule is C=CC(=O)N1CCC(n2nc(-c3ccc(Oc4ccccc4)cc3)c3c2CCN3N)C1. The predicted octanol–water partition coefficient (Wildman–Crippen LogP) is 3.54. The van der Waals surface area contributed by atoms with E-state index in [0.717, 1.165) is 60.1 Å². The summed E-state index contributed by atoms with van der Waals surface area (Å²) in [7, 11) is 0. The molecule has 0 bridgehead atoms. The number of nitrogens with two attached hydrogens (primary N) is 1. The molecule has 0 spiro atoms. The number of fused-ring (bicyclic) bond motifs is 1. The van der Waals surface area contributed by atoms with Crippen LogP contribution in [0.1, 0.15) is 18.2 Å². The maximum atomic E-state index is 12.0. The minimum atomic E-state index is -0.0269. The molecule has 0 aliphatic carbocycles. The van der Waals surface area contributed by atoms with Crippen molar-refractivity contribution < 1.29 is 9.53 Å². The number of rotatable bonds is 5. The van der Waals surface area contributed by atoms with E-state index in [1.54, 1.807) is 5.01 Å². The Morgan fingerprint density at radius 2 is 1.84 bits per heavy atom. The number of carbonyl (C=O) groups excluding carboxylic acids is 1. The van der Waals surface area contributed by atoms with E-state index in [0.29, 0.717) is 6.54 Å². The minimum Gasteiger partial charge on any atom is -0.457 e. The molecule has 1 atom stereocenters. The van der Waals surface area contributed by atoms with Crippen LogP contribution >= 0.6 is 0 Å². The normalized spacial score (nSPS) is 17.6. The Bertz CT molecular complexity index is 1110. The molecule has 0 saturated carbocycles. The number of benzene rings is 2. The molecule has 158 valence electrons. The lowest BCUT2D eigenvalue weighted by molar-refractivity contribution is -0.125. The van der Waals surface area contributed by atoms with Crippen molar-refractivity contribution in [1.29, 1.82) is 0 Å². The highest BCUT2D eigenvalue weighted by Gasteiger charge is 2.34. The number of aromatic nitrogens is 2. The summed E-state index contributed by atoms with van der Waals surface area (Å²) in [6.07, 6.45) is 3.10. The Morgan fingerprint density at radius 3 is 2.58 bits per heavy atom. The fraction of sp³-hybridized carbons (Fsp3) is 0.250. The van der Waals surface area contributed by atoms with Crippen molar-refractivity contribution in [2.45, 2.75) is 18.9 Å². The Labute approximate surface area is 181 Å². The lowest BCUT2D eigenvalue weighted by atomic mass is 10.1. The van der Waals surface area contributed by atoms with Crippen LogP contribution in [-0.4, -0.2) is 40.2 Å². The third kappa shape index (κ3) is 3.57. The molecule has 7 heteroatoms. The van der Waals surface area contributed by atoms with E-state index in [2.05, 4.69) is 11.3 Å². The Morgan fingerprint density at radius 1 is 1.10 bits per heavy atom. The zero-order valence-corrected chi connectivity index (χ0v) is 17.3. The van der Waals surface area contributed by atoms with Crippen molar-refractivity contribution in [2.75, 3.05) is 24.6 Å². The quantitative estimate of drug-likeness (QED) is 0.510. The number of hydrogen-bond acceptors (Lipinski definition) is 5. The van der Waals surface area contributed by atoms with Crippen molar-refractivity contribution >= 4 is 11.6 Å². The molecule has 5 rings (SSSR count). The second-order valence-electron chi connectivity index (χ2n) is 7.90. The number of likely N-dealkylation sites (tertiary alicyclic amines) is 1. The summed E-state index contributed by atoms with van der Waals surface area (Å²) < 4.78 is 7.99. The van der Waals surface area contributed by atoms with Gasteiger partial charge in [0, 0.05) is 31.6 Å². The molecular weight excluding hydrogens is 390 g/mol. The van der Waals surface area contributed by atoms with Gasteiger partial charge in [-0.25, -0.2) is 5.84 Å². The summed E-state index contributed by atoms with van der Waals surface area (Å²) in [6.45, 7) is 5.73. The first-order valence-electron chi connectivity index (χ1n) is 10.5. The van der Waals surface area contributed by atoms with Crippen LogP contribution in [0.3, 0.4) is 0 Å². The van der Waals surface area contributed by atoms with Crippen LogP contribution in [0.2, 0.25) is 0 Å². The second-order valence-corrected chi connectivity index (χ2v) is 7.90. The molecule has 3 aromatic rings. The monoisotopic (exact) mass is 415 g/mol. The van der Waals surface area contributed by atoms with Crippen molar-refractivity contribution in [3.8, 4) is 22.8 Å². The van der Waals surface area contributed by atoms with Gasteiger partial charge in [0.15, 0.2) is 0 Å². The van der Waals surface area contributed by atoms with Gasteiger partial charge in [-0.05, 0) is 48.9 Å². The fourth-order valence-corrected chi connectivity index (χ4v) is 4.41. The molecule has 1 unspecified atom stereocenters. The molecule has 1 amide bonds. The number of amides is 1. The van der Waals surface area contributed by atoms with Gasteiger partial charge in [-0.1, -0.05) is 24.8 Å². The number of hydrazine groups is 1. The highest BCUT2D eigenvalue weighted by molar-refractivity contribution is 5.87. The summed E-state index contributed by atoms with van der Waals surface area (Å²) in [5.41, 5.74) is 3.98. The Balaban J connectivity index is 1.43. The van der Waals surface area contributed by atoms with Crippen molar-refractivity contribution in [3.05, 3.63) is 72.9 Å². The van der Waals surface area contributed by atoms with Crippen molar-refractivity contribution in [1.82, 2.24) is 14.7 Å². The highest BCUT2D eigenvalue weighted by Crippen LogP contribution is 2.39. The van der Waals surface area contributed by atoms with E-state index in [1.807, 2.05) is 59.5 Å². The van der Waals surface area contributed by atoms with Gasteiger partial charge < -0.3 is 14.6 Å². The van der Waals surface area contributed by atoms with Crippen molar-refractivity contribution in [2.24, 2.45) is 5.84 Å². The van der Waals surface area contributed by atoms with E-state index in [1.165, 1.54) is 6.08 Å². The highest BCUT2D eigenvalue weighted by atomic mass is 16.5. The van der Waals surface area contributed by atoms with Crippen LogP contribution < -0.4 is 15.6 Å². The molecule has 31 heavy (non-hydrogen) atoms. The Hall–Kier alpha value is -3.58. The van der Waals surface area contributed by atoms with Gasteiger partial charge in [-0.15, -0.1) is 0 Å². The topological polar surface area (TPSA) is 76.6 Å². The first kappa shape index (κ1) is 19.4. The smallest absolute Gasteiger partial charge is 0.246 e.